The van der Waals surface area contributed by atoms with Gasteiger partial charge in [0.05, 0.1) is 33.9 Å². The Hall–Kier alpha value is -3.26. The van der Waals surface area contributed by atoms with E-state index in [1.54, 1.807) is 24.7 Å². The number of carbonyl (C=O) groups is 2. The number of aliphatic hydroxyl groups excluding tert-OH is 1. The maximum atomic E-state index is 15.5. The quantitative estimate of drug-likeness (QED) is 0.319. The zero-order valence-electron chi connectivity index (χ0n) is 25.2. The summed E-state index contributed by atoms with van der Waals surface area (Å²) in [5.41, 5.74) is 4.29. The first-order chi connectivity index (χ1) is 20.6. The number of nitrogens with one attached hydrogen (secondary N) is 2. The average Bonchev–Trinajstić information content (AvgIpc) is 3.71. The van der Waals surface area contributed by atoms with Gasteiger partial charge in [0.1, 0.15) is 17.9 Å². The Morgan fingerprint density at radius 3 is 2.63 bits per heavy atom. The van der Waals surface area contributed by atoms with Gasteiger partial charge in [-0.3, -0.25) is 9.59 Å². The molecular weight excluding hydrogens is 571 g/mol. The summed E-state index contributed by atoms with van der Waals surface area (Å²) in [7, 11) is 0. The van der Waals surface area contributed by atoms with Crippen molar-refractivity contribution < 1.29 is 19.1 Å². The number of benzene rings is 1. The second kappa shape index (κ2) is 13.6. The van der Waals surface area contributed by atoms with Gasteiger partial charge in [-0.05, 0) is 37.8 Å². The molecule has 2 fully saturated rings. The maximum Gasteiger partial charge on any atom is 0.248 e. The largest absolute Gasteiger partial charge is 0.391 e. The lowest BCUT2D eigenvalue weighted by Gasteiger charge is -2.32. The predicted octanol–water partition coefficient (Wildman–Crippen LogP) is 2.47. The molecule has 4 heterocycles. The van der Waals surface area contributed by atoms with E-state index in [4.69, 9.17) is 0 Å². The summed E-state index contributed by atoms with van der Waals surface area (Å²) in [5, 5.41) is 25.2. The molecule has 232 valence electrons. The van der Waals surface area contributed by atoms with Crippen molar-refractivity contribution in [3.63, 3.8) is 0 Å². The lowest BCUT2D eigenvalue weighted by molar-refractivity contribution is -0.142. The first-order valence-corrected chi connectivity index (χ1v) is 15.8. The Morgan fingerprint density at radius 1 is 1.23 bits per heavy atom. The summed E-state index contributed by atoms with van der Waals surface area (Å²) < 4.78 is 17.0. The number of carbonyl (C=O) groups excluding carboxylic acids is 2. The Morgan fingerprint density at radius 2 is 2.00 bits per heavy atom. The number of likely N-dealkylation sites (tertiary alicyclic amines) is 1. The number of hydrogen-bond acceptors (Lipinski definition) is 9. The van der Waals surface area contributed by atoms with E-state index in [0.717, 1.165) is 43.3 Å². The molecule has 2 saturated heterocycles. The van der Waals surface area contributed by atoms with Crippen LogP contribution in [-0.2, 0) is 9.59 Å². The summed E-state index contributed by atoms with van der Waals surface area (Å²) in [6, 6.07) is 3.08. The van der Waals surface area contributed by atoms with E-state index >= 15 is 4.39 Å². The molecule has 2 aromatic heterocycles. The summed E-state index contributed by atoms with van der Waals surface area (Å²) in [6.45, 7) is 11.8. The molecule has 2 amide bonds. The highest BCUT2D eigenvalue weighted by molar-refractivity contribution is 7.13. The summed E-state index contributed by atoms with van der Waals surface area (Å²) in [4.78, 5) is 36.5. The summed E-state index contributed by atoms with van der Waals surface area (Å²) in [6.07, 6.45) is 1.58. The standard InChI is InChI=1S/C30H41FN8O3S/c1-18(2)27(39-15-19(3)35-36-39)30(42)38-16-22(40)14-26(38)29(41)34-25(7-10-37-11-8-32-9-12-37)21-5-6-23(24(31)13-21)28-20(4)33-17-43-28/h5-6,13,15,17-18,22,25-27,32,40H,7-12,14,16H2,1-4H3,(H,34,41)/t22-,25+,26+,27+/m1/s1. The van der Waals surface area contributed by atoms with Crippen LogP contribution in [0.1, 0.15) is 55.7 Å². The molecule has 0 spiro atoms. The molecule has 0 bridgehead atoms. The number of β-amino-alcohol motifs (C(OH)–C–C–N with tert-alkyl or cyclic N) is 1. The van der Waals surface area contributed by atoms with Crippen molar-refractivity contribution in [2.45, 2.75) is 64.8 Å². The fraction of sp³-hybridized carbons (Fsp3) is 0.567. The monoisotopic (exact) mass is 612 g/mol. The SMILES string of the molecule is Cc1cn([C@H](C(=O)N2C[C@H](O)C[C@H]2C(=O)N[C@@H](CCN2CCNCC2)c2ccc(-c3scnc3C)c(F)c2)C(C)C)nn1. The molecule has 43 heavy (non-hydrogen) atoms. The van der Waals surface area contributed by atoms with Crippen molar-refractivity contribution in [2.24, 2.45) is 5.92 Å². The number of aryl methyl sites for hydroxylation is 2. The zero-order valence-corrected chi connectivity index (χ0v) is 26.0. The fourth-order valence-corrected chi connectivity index (χ4v) is 6.84. The maximum absolute atomic E-state index is 15.5. The fourth-order valence-electron chi connectivity index (χ4n) is 6.01. The van der Waals surface area contributed by atoms with Gasteiger partial charge in [-0.15, -0.1) is 16.4 Å². The summed E-state index contributed by atoms with van der Waals surface area (Å²) in [5.74, 6) is -1.15. The van der Waals surface area contributed by atoms with Gasteiger partial charge >= 0.3 is 0 Å². The molecule has 4 atom stereocenters. The molecule has 3 N–H and O–H groups in total. The lowest BCUT2D eigenvalue weighted by atomic mass is 9.99. The minimum Gasteiger partial charge on any atom is -0.391 e. The molecule has 0 saturated carbocycles. The highest BCUT2D eigenvalue weighted by atomic mass is 32.1. The molecule has 13 heteroatoms. The van der Waals surface area contributed by atoms with Crippen LogP contribution in [0.4, 0.5) is 4.39 Å². The highest BCUT2D eigenvalue weighted by Crippen LogP contribution is 2.32. The van der Waals surface area contributed by atoms with Gasteiger partial charge in [-0.1, -0.05) is 31.2 Å². The predicted molar refractivity (Wildman–Crippen MR) is 162 cm³/mol. The number of aromatic nitrogens is 4. The first-order valence-electron chi connectivity index (χ1n) is 14.9. The molecule has 11 nitrogen and oxygen atoms in total. The zero-order chi connectivity index (χ0) is 30.7. The van der Waals surface area contributed by atoms with Crippen LogP contribution in [0.5, 0.6) is 0 Å². The third-order valence-corrected chi connectivity index (χ3v) is 9.27. The van der Waals surface area contributed by atoms with Crippen LogP contribution >= 0.6 is 11.3 Å². The number of halogens is 1. The number of aliphatic hydroxyl groups is 1. The van der Waals surface area contributed by atoms with Gasteiger partial charge < -0.3 is 25.5 Å². The number of amides is 2. The normalized spacial score (nSPS) is 20.9. The Bertz CT molecular complexity index is 1420. The Kier molecular flexibility index (Phi) is 9.85. The number of hydrogen-bond donors (Lipinski definition) is 3. The number of rotatable bonds is 10. The van der Waals surface area contributed by atoms with E-state index in [-0.39, 0.29) is 36.5 Å². The molecular formula is C30H41FN8O3S. The van der Waals surface area contributed by atoms with Crippen LogP contribution in [0, 0.1) is 25.6 Å². The van der Waals surface area contributed by atoms with Crippen molar-refractivity contribution in [2.75, 3.05) is 39.3 Å². The molecule has 2 aliphatic heterocycles. The summed E-state index contributed by atoms with van der Waals surface area (Å²) >= 11 is 1.39. The second-order valence-electron chi connectivity index (χ2n) is 11.9. The molecule has 1 aromatic carbocycles. The van der Waals surface area contributed by atoms with E-state index in [0.29, 0.717) is 23.2 Å². The van der Waals surface area contributed by atoms with E-state index in [1.807, 2.05) is 26.8 Å². The molecule has 0 unspecified atom stereocenters. The van der Waals surface area contributed by atoms with Crippen molar-refractivity contribution >= 4 is 23.2 Å². The van der Waals surface area contributed by atoms with Gasteiger partial charge in [-0.25, -0.2) is 14.1 Å². The molecule has 0 aliphatic carbocycles. The topological polar surface area (TPSA) is 129 Å². The van der Waals surface area contributed by atoms with Crippen LogP contribution in [0.3, 0.4) is 0 Å². The molecule has 3 aromatic rings. The van der Waals surface area contributed by atoms with E-state index in [2.05, 4.69) is 30.8 Å². The van der Waals surface area contributed by atoms with Crippen LogP contribution in [0.25, 0.3) is 10.4 Å². The first kappa shape index (κ1) is 31.2. The minimum atomic E-state index is -0.862. The van der Waals surface area contributed by atoms with Gasteiger partial charge in [-0.2, -0.15) is 0 Å². The van der Waals surface area contributed by atoms with Crippen molar-refractivity contribution in [3.8, 4) is 10.4 Å². The van der Waals surface area contributed by atoms with Crippen LogP contribution < -0.4 is 10.6 Å². The molecule has 0 radical (unpaired) electrons. The second-order valence-corrected chi connectivity index (χ2v) is 12.7. The van der Waals surface area contributed by atoms with Crippen molar-refractivity contribution in [3.05, 3.63) is 52.7 Å². The smallest absolute Gasteiger partial charge is 0.248 e. The molecule has 5 rings (SSSR count). The van der Waals surface area contributed by atoms with E-state index in [1.165, 1.54) is 27.0 Å². The average molecular weight is 613 g/mol. The van der Waals surface area contributed by atoms with Crippen LogP contribution in [-0.4, -0.2) is 98.1 Å². The Balaban J connectivity index is 1.38. The van der Waals surface area contributed by atoms with Crippen molar-refractivity contribution in [1.82, 2.24) is 40.4 Å². The van der Waals surface area contributed by atoms with E-state index in [9.17, 15) is 14.7 Å². The minimum absolute atomic E-state index is 0.0524. The number of thiazole rings is 1. The van der Waals surface area contributed by atoms with Crippen molar-refractivity contribution in [1.29, 1.82) is 0 Å². The number of piperazine rings is 1. The highest BCUT2D eigenvalue weighted by Gasteiger charge is 2.43. The van der Waals surface area contributed by atoms with Gasteiger partial charge in [0.2, 0.25) is 11.8 Å². The lowest BCUT2D eigenvalue weighted by Crippen LogP contribution is -2.50. The van der Waals surface area contributed by atoms with E-state index < -0.39 is 24.2 Å². The van der Waals surface area contributed by atoms with Crippen LogP contribution in [0.2, 0.25) is 0 Å². The van der Waals surface area contributed by atoms with Gasteiger partial charge in [0.25, 0.3) is 0 Å². The number of nitrogens with zero attached hydrogens (tertiary/aromatic N) is 6. The third kappa shape index (κ3) is 7.11. The third-order valence-electron chi connectivity index (χ3n) is 8.30. The van der Waals surface area contributed by atoms with Crippen LogP contribution in [0.15, 0.2) is 29.9 Å². The molecule has 2 aliphatic rings. The Labute approximate surface area is 255 Å². The van der Waals surface area contributed by atoms with Gasteiger partial charge in [0, 0.05) is 57.4 Å². The van der Waals surface area contributed by atoms with Gasteiger partial charge in [0.15, 0.2) is 0 Å².